The van der Waals surface area contributed by atoms with Crippen molar-refractivity contribution in [3.63, 3.8) is 0 Å². The molecule has 0 bridgehead atoms. The van der Waals surface area contributed by atoms with Gasteiger partial charge < -0.3 is 24.8 Å². The summed E-state index contributed by atoms with van der Waals surface area (Å²) >= 11 is 13.1. The summed E-state index contributed by atoms with van der Waals surface area (Å²) in [5.41, 5.74) is 15.9. The summed E-state index contributed by atoms with van der Waals surface area (Å²) in [6.45, 7) is 29.2. The van der Waals surface area contributed by atoms with E-state index < -0.39 is 0 Å². The van der Waals surface area contributed by atoms with Gasteiger partial charge in [0.15, 0.2) is 0 Å². The zero-order chi connectivity index (χ0) is 41.0. The van der Waals surface area contributed by atoms with Gasteiger partial charge in [-0.25, -0.2) is 12.0 Å². The number of aryl methyl sites for hydroxylation is 1. The molecule has 0 radical (unpaired) electrons. The molecule has 0 amide bonds. The van der Waals surface area contributed by atoms with Gasteiger partial charge in [0, 0.05) is 0 Å². The summed E-state index contributed by atoms with van der Waals surface area (Å²) in [4.78, 5) is 0. The molecule has 4 aliphatic carbocycles. The summed E-state index contributed by atoms with van der Waals surface area (Å²) in [5, 5.41) is 1.53. The van der Waals surface area contributed by atoms with Crippen LogP contribution in [0.15, 0.2) is 120 Å². The first kappa shape index (κ1) is 48.7. The van der Waals surface area contributed by atoms with E-state index in [4.69, 9.17) is 23.2 Å². The summed E-state index contributed by atoms with van der Waals surface area (Å²) in [6.07, 6.45) is 9.65. The van der Waals surface area contributed by atoms with Crippen LogP contribution < -0.4 is 24.8 Å². The third-order valence-corrected chi connectivity index (χ3v) is 17.1. The second-order valence-corrected chi connectivity index (χ2v) is 21.4. The monoisotopic (exact) mass is 928 g/mol. The average Bonchev–Trinajstić information content (AvgIpc) is 3.81. The van der Waals surface area contributed by atoms with E-state index in [1.165, 1.54) is 73.7 Å². The first-order chi connectivity index (χ1) is 26.2. The van der Waals surface area contributed by atoms with Crippen LogP contribution in [0.2, 0.25) is 10.0 Å². The van der Waals surface area contributed by atoms with Gasteiger partial charge in [0.1, 0.15) is 0 Å². The van der Waals surface area contributed by atoms with Crippen LogP contribution in [0.25, 0.3) is 5.57 Å². The number of benzene rings is 3. The van der Waals surface area contributed by atoms with Gasteiger partial charge in [-0.2, -0.15) is 34.4 Å². The van der Waals surface area contributed by atoms with Gasteiger partial charge in [0.05, 0.1) is 0 Å². The summed E-state index contributed by atoms with van der Waals surface area (Å²) < 4.78 is 1.31. The fourth-order valence-corrected chi connectivity index (χ4v) is 11.2. The molecule has 8 rings (SSSR count). The standard InChI is InChI=1S/C29H37.C13H8Cl2.C11H17.2ClH.Zr/c1-18-25-22-17-19-13-9-10-14-20(19)24(22)21-15-11-12-16-23(21)29(25,8)28(6,7)27(4,5)26(18,2)3;14-12-5-1-10(2-6-12)9-11-3-7-13(15)8-4-11;1-5-9-6-7-10(8-9)11(2,3)4;;;/h9-11,13-15,23H,12,16-17H2,1-8H3;1-8H;6-8H,5H2,1-4H3;2*1H;/q-1;;-1;;;+2/p-2. The Hall–Kier alpha value is -1.99. The predicted molar refractivity (Wildman–Crippen MR) is 241 cm³/mol. The van der Waals surface area contributed by atoms with Gasteiger partial charge in [0.25, 0.3) is 0 Å². The third kappa shape index (κ3) is 8.45. The minimum atomic E-state index is 0. The quantitative estimate of drug-likeness (QED) is 0.180. The Labute approximate surface area is 388 Å². The Morgan fingerprint density at radius 2 is 1.38 bits per heavy atom. The minimum absolute atomic E-state index is 0. The number of rotatable bonds is 3. The van der Waals surface area contributed by atoms with E-state index in [9.17, 15) is 0 Å². The van der Waals surface area contributed by atoms with E-state index in [1.54, 1.807) is 28.2 Å². The largest absolute Gasteiger partial charge is 1.00 e. The van der Waals surface area contributed by atoms with E-state index in [-0.39, 0.29) is 46.5 Å². The van der Waals surface area contributed by atoms with Crippen LogP contribution in [-0.4, -0.2) is 3.21 Å². The van der Waals surface area contributed by atoms with Crippen LogP contribution in [0.4, 0.5) is 0 Å². The van der Waals surface area contributed by atoms with Crippen molar-refractivity contribution in [2.45, 2.75) is 114 Å². The first-order valence-electron chi connectivity index (χ1n) is 20.6. The molecule has 2 unspecified atom stereocenters. The van der Waals surface area contributed by atoms with Crippen molar-refractivity contribution in [2.24, 2.45) is 27.6 Å². The number of halogens is 4. The van der Waals surface area contributed by atoms with E-state index in [0.29, 0.717) is 11.3 Å². The van der Waals surface area contributed by atoms with Crippen LogP contribution in [0, 0.1) is 33.5 Å². The molecular weight excluding hydrogens is 870 g/mol. The van der Waals surface area contributed by atoms with Crippen molar-refractivity contribution in [1.29, 1.82) is 0 Å². The summed E-state index contributed by atoms with van der Waals surface area (Å²) in [6, 6.07) is 31.8. The second kappa shape index (κ2) is 18.2. The number of allylic oxidation sites excluding steroid dienone is 6. The maximum atomic E-state index is 5.86. The first-order valence-corrected chi connectivity index (χ1v) is 22.6. The Bertz CT molecular complexity index is 2140. The van der Waals surface area contributed by atoms with Crippen molar-refractivity contribution in [3.8, 4) is 0 Å². The fourth-order valence-electron chi connectivity index (χ4n) is 10.1. The normalized spacial score (nSPS) is 21.7. The molecule has 0 aliphatic heterocycles. The Balaban J connectivity index is 0.000000217. The van der Waals surface area contributed by atoms with Crippen molar-refractivity contribution in [1.82, 2.24) is 0 Å². The van der Waals surface area contributed by atoms with Gasteiger partial charge in [0.2, 0.25) is 0 Å². The molecule has 0 heterocycles. The number of fused-ring (bicyclic) bond motifs is 6. The molecule has 1 saturated carbocycles. The Kier molecular flexibility index (Phi) is 15.2. The van der Waals surface area contributed by atoms with E-state index in [1.807, 2.05) is 48.5 Å². The maximum Gasteiger partial charge on any atom is -1.00 e. The molecule has 1 fully saturated rings. The molecule has 4 aliphatic rings. The number of hydrogen-bond acceptors (Lipinski definition) is 0. The van der Waals surface area contributed by atoms with E-state index in [0.717, 1.165) is 22.9 Å². The zero-order valence-corrected chi connectivity index (χ0v) is 42.2. The Morgan fingerprint density at radius 3 is 1.88 bits per heavy atom. The molecule has 308 valence electrons. The van der Waals surface area contributed by atoms with Crippen molar-refractivity contribution < 1.29 is 49.0 Å². The smallest absolute Gasteiger partial charge is 1.00 e. The van der Waals surface area contributed by atoms with E-state index in [2.05, 4.69) is 138 Å². The SMILES string of the molecule is CCc1cc(C(C)(C)C)c[cH-]1.C[C-]1C2=C3Cc4ccccc4C3=C3C=CCCC3C2(C)C(C)(C)C(C)(C)C1(C)C.Clc1ccc([C](=[Zr+2])c2ccc(Cl)cc2)cc1.[Cl-].[Cl-]. The molecule has 2 atom stereocenters. The topological polar surface area (TPSA) is 0 Å². The van der Waals surface area contributed by atoms with Crippen LogP contribution in [0.5, 0.6) is 0 Å². The molecule has 0 spiro atoms. The van der Waals surface area contributed by atoms with Gasteiger partial charge in [-0.15, -0.1) is 6.92 Å². The predicted octanol–water partition coefficient (Wildman–Crippen LogP) is 9.35. The van der Waals surface area contributed by atoms with Gasteiger partial charge in [-0.1, -0.05) is 153 Å². The minimum Gasteiger partial charge on any atom is -1.00 e. The average molecular weight is 932 g/mol. The van der Waals surface area contributed by atoms with Gasteiger partial charge in [-0.3, -0.25) is 0 Å². The summed E-state index contributed by atoms with van der Waals surface area (Å²) in [7, 11) is 0. The molecular formula is C53H62Cl4Zr-2. The fraction of sp³-hybridized carbons (Fsp3) is 0.415. The van der Waals surface area contributed by atoms with Crippen molar-refractivity contribution >= 4 is 32.0 Å². The van der Waals surface area contributed by atoms with Crippen LogP contribution in [-0.2, 0) is 42.5 Å². The maximum absolute atomic E-state index is 5.86. The van der Waals surface area contributed by atoms with Gasteiger partial charge >= 0.3 is 120 Å². The number of hydrogen-bond donors (Lipinski definition) is 0. The Morgan fingerprint density at radius 1 is 0.828 bits per heavy atom. The van der Waals surface area contributed by atoms with Crippen LogP contribution in [0.1, 0.15) is 129 Å². The van der Waals surface area contributed by atoms with Crippen LogP contribution in [0.3, 0.4) is 0 Å². The molecule has 0 aromatic heterocycles. The molecule has 0 N–H and O–H groups in total. The molecule has 4 aromatic carbocycles. The van der Waals surface area contributed by atoms with Crippen molar-refractivity contribution in [2.75, 3.05) is 0 Å². The molecule has 0 nitrogen and oxygen atoms in total. The second-order valence-electron chi connectivity index (χ2n) is 19.3. The molecule has 4 aromatic rings. The third-order valence-electron chi connectivity index (χ3n) is 15.2. The van der Waals surface area contributed by atoms with Crippen molar-refractivity contribution in [3.05, 3.63) is 169 Å². The van der Waals surface area contributed by atoms with Crippen LogP contribution >= 0.6 is 23.2 Å². The molecule has 5 heteroatoms. The summed E-state index contributed by atoms with van der Waals surface area (Å²) in [5.74, 6) is 2.24. The zero-order valence-electron chi connectivity index (χ0n) is 36.7. The van der Waals surface area contributed by atoms with E-state index >= 15 is 0 Å². The molecule has 58 heavy (non-hydrogen) atoms. The molecule has 0 saturated heterocycles. The van der Waals surface area contributed by atoms with Gasteiger partial charge in [-0.05, 0) is 40.6 Å².